The highest BCUT2D eigenvalue weighted by Crippen LogP contribution is 2.12. The van der Waals surface area contributed by atoms with E-state index in [-0.39, 0.29) is 0 Å². The summed E-state index contributed by atoms with van der Waals surface area (Å²) in [5.41, 5.74) is 8.46. The molecule has 0 saturated heterocycles. The molecule has 78 valence electrons. The minimum absolute atomic E-state index is 0.724. The Morgan fingerprint density at radius 1 is 1.40 bits per heavy atom. The SMILES string of the molecule is Cc1nc(NCc2cc[nH]c2)ccc1N. The van der Waals surface area contributed by atoms with Gasteiger partial charge in [0.05, 0.1) is 11.4 Å². The summed E-state index contributed by atoms with van der Waals surface area (Å²) in [6.07, 6.45) is 3.86. The number of aromatic amines is 1. The molecule has 0 spiro atoms. The highest BCUT2D eigenvalue weighted by atomic mass is 15.0. The van der Waals surface area contributed by atoms with Gasteiger partial charge in [0.2, 0.25) is 0 Å². The van der Waals surface area contributed by atoms with E-state index in [2.05, 4.69) is 15.3 Å². The number of aryl methyl sites for hydroxylation is 1. The quantitative estimate of drug-likeness (QED) is 0.712. The smallest absolute Gasteiger partial charge is 0.126 e. The lowest BCUT2D eigenvalue weighted by Crippen LogP contribution is -2.02. The monoisotopic (exact) mass is 202 g/mol. The zero-order chi connectivity index (χ0) is 10.7. The maximum absolute atomic E-state index is 5.68. The van der Waals surface area contributed by atoms with Crippen LogP contribution in [0, 0.1) is 6.92 Å². The predicted octanol–water partition coefficient (Wildman–Crippen LogP) is 1.91. The number of hydrogen-bond acceptors (Lipinski definition) is 3. The third-order valence-electron chi connectivity index (χ3n) is 2.26. The minimum atomic E-state index is 0.724. The molecule has 0 fully saturated rings. The molecule has 0 unspecified atom stereocenters. The number of rotatable bonds is 3. The van der Waals surface area contributed by atoms with Gasteiger partial charge in [0, 0.05) is 18.9 Å². The second-order valence-corrected chi connectivity index (χ2v) is 3.44. The van der Waals surface area contributed by atoms with Crippen LogP contribution in [0.15, 0.2) is 30.6 Å². The highest BCUT2D eigenvalue weighted by molar-refractivity contribution is 5.49. The average Bonchev–Trinajstić information content (AvgIpc) is 2.73. The van der Waals surface area contributed by atoms with Crippen molar-refractivity contribution in [1.29, 1.82) is 0 Å². The van der Waals surface area contributed by atoms with Crippen molar-refractivity contribution in [2.45, 2.75) is 13.5 Å². The fourth-order valence-corrected chi connectivity index (χ4v) is 1.33. The van der Waals surface area contributed by atoms with Crippen molar-refractivity contribution in [2.75, 3.05) is 11.1 Å². The molecule has 0 radical (unpaired) electrons. The van der Waals surface area contributed by atoms with Crippen molar-refractivity contribution in [3.63, 3.8) is 0 Å². The van der Waals surface area contributed by atoms with E-state index in [0.717, 1.165) is 23.7 Å². The second-order valence-electron chi connectivity index (χ2n) is 3.44. The molecule has 0 aliphatic carbocycles. The van der Waals surface area contributed by atoms with Crippen LogP contribution in [-0.2, 0) is 6.54 Å². The molecule has 0 aliphatic heterocycles. The molecule has 15 heavy (non-hydrogen) atoms. The van der Waals surface area contributed by atoms with Crippen molar-refractivity contribution < 1.29 is 0 Å². The number of nitrogens with zero attached hydrogens (tertiary/aromatic N) is 1. The van der Waals surface area contributed by atoms with Gasteiger partial charge in [-0.2, -0.15) is 0 Å². The molecule has 0 aliphatic rings. The average molecular weight is 202 g/mol. The number of H-pyrrole nitrogens is 1. The van der Waals surface area contributed by atoms with Crippen LogP contribution in [0.25, 0.3) is 0 Å². The third-order valence-corrected chi connectivity index (χ3v) is 2.26. The lowest BCUT2D eigenvalue weighted by atomic mass is 10.3. The summed E-state index contributed by atoms with van der Waals surface area (Å²) >= 11 is 0. The first-order valence-corrected chi connectivity index (χ1v) is 4.84. The number of anilines is 2. The van der Waals surface area contributed by atoms with Gasteiger partial charge in [-0.3, -0.25) is 0 Å². The zero-order valence-electron chi connectivity index (χ0n) is 8.62. The Kier molecular flexibility index (Phi) is 2.58. The maximum atomic E-state index is 5.68. The molecule has 4 heteroatoms. The van der Waals surface area contributed by atoms with Crippen molar-refractivity contribution >= 4 is 11.5 Å². The number of hydrogen-bond donors (Lipinski definition) is 3. The Morgan fingerprint density at radius 2 is 2.27 bits per heavy atom. The van der Waals surface area contributed by atoms with Gasteiger partial charge in [-0.15, -0.1) is 0 Å². The molecule has 0 amide bonds. The molecule has 0 aromatic carbocycles. The van der Waals surface area contributed by atoms with E-state index >= 15 is 0 Å². The molecular weight excluding hydrogens is 188 g/mol. The van der Waals surface area contributed by atoms with E-state index in [9.17, 15) is 0 Å². The Labute approximate surface area is 88.5 Å². The zero-order valence-corrected chi connectivity index (χ0v) is 8.62. The number of nitrogen functional groups attached to an aromatic ring is 1. The second kappa shape index (κ2) is 4.04. The molecular formula is C11H14N4. The molecule has 4 N–H and O–H groups in total. The van der Waals surface area contributed by atoms with Crippen LogP contribution < -0.4 is 11.1 Å². The number of nitrogens with one attached hydrogen (secondary N) is 2. The summed E-state index contributed by atoms with van der Waals surface area (Å²) in [5, 5.41) is 3.23. The van der Waals surface area contributed by atoms with Crippen LogP contribution in [0.4, 0.5) is 11.5 Å². The van der Waals surface area contributed by atoms with E-state index in [4.69, 9.17) is 5.73 Å². The van der Waals surface area contributed by atoms with Crippen LogP contribution >= 0.6 is 0 Å². The van der Waals surface area contributed by atoms with Crippen LogP contribution in [0.2, 0.25) is 0 Å². The van der Waals surface area contributed by atoms with Crippen molar-refractivity contribution in [3.05, 3.63) is 41.9 Å². The van der Waals surface area contributed by atoms with Crippen molar-refractivity contribution in [1.82, 2.24) is 9.97 Å². The van der Waals surface area contributed by atoms with Crippen LogP contribution in [0.3, 0.4) is 0 Å². The van der Waals surface area contributed by atoms with Gasteiger partial charge in [-0.05, 0) is 30.7 Å². The summed E-state index contributed by atoms with van der Waals surface area (Å²) in [7, 11) is 0. The van der Waals surface area contributed by atoms with Gasteiger partial charge in [0.25, 0.3) is 0 Å². The molecule has 0 atom stereocenters. The van der Waals surface area contributed by atoms with Crippen molar-refractivity contribution in [3.8, 4) is 0 Å². The van der Waals surface area contributed by atoms with Gasteiger partial charge in [-0.25, -0.2) is 4.98 Å². The highest BCUT2D eigenvalue weighted by Gasteiger charge is 1.98. The minimum Gasteiger partial charge on any atom is -0.397 e. The van der Waals surface area contributed by atoms with Crippen LogP contribution in [0.5, 0.6) is 0 Å². The van der Waals surface area contributed by atoms with E-state index in [1.807, 2.05) is 37.5 Å². The van der Waals surface area contributed by atoms with Gasteiger partial charge in [0.15, 0.2) is 0 Å². The number of pyridine rings is 1. The Hall–Kier alpha value is -1.97. The molecule has 4 nitrogen and oxygen atoms in total. The summed E-state index contributed by atoms with van der Waals surface area (Å²) in [6, 6.07) is 5.77. The summed E-state index contributed by atoms with van der Waals surface area (Å²) in [5.74, 6) is 0.850. The number of nitrogens with two attached hydrogens (primary N) is 1. The number of aromatic nitrogens is 2. The lowest BCUT2D eigenvalue weighted by molar-refractivity contribution is 1.09. The fraction of sp³-hybridized carbons (Fsp3) is 0.182. The van der Waals surface area contributed by atoms with Gasteiger partial charge >= 0.3 is 0 Å². The van der Waals surface area contributed by atoms with Gasteiger partial charge < -0.3 is 16.0 Å². The summed E-state index contributed by atoms with van der Waals surface area (Å²) in [4.78, 5) is 7.33. The van der Waals surface area contributed by atoms with Gasteiger partial charge in [-0.1, -0.05) is 0 Å². The first-order valence-electron chi connectivity index (χ1n) is 4.84. The largest absolute Gasteiger partial charge is 0.397 e. The topological polar surface area (TPSA) is 66.7 Å². The third kappa shape index (κ3) is 2.28. The molecule has 2 aromatic rings. The summed E-state index contributed by atoms with van der Waals surface area (Å²) < 4.78 is 0. The predicted molar refractivity (Wildman–Crippen MR) is 61.5 cm³/mol. The van der Waals surface area contributed by atoms with Crippen molar-refractivity contribution in [2.24, 2.45) is 0 Å². The molecule has 0 saturated carbocycles. The Balaban J connectivity index is 2.02. The molecule has 2 heterocycles. The fourth-order valence-electron chi connectivity index (χ4n) is 1.33. The Morgan fingerprint density at radius 3 is 2.93 bits per heavy atom. The van der Waals surface area contributed by atoms with E-state index in [1.165, 1.54) is 5.56 Å². The van der Waals surface area contributed by atoms with Crippen LogP contribution in [-0.4, -0.2) is 9.97 Å². The summed E-state index contributed by atoms with van der Waals surface area (Å²) in [6.45, 7) is 2.66. The first kappa shape index (κ1) is 9.58. The Bertz CT molecular complexity index is 434. The van der Waals surface area contributed by atoms with Crippen LogP contribution in [0.1, 0.15) is 11.3 Å². The van der Waals surface area contributed by atoms with E-state index < -0.39 is 0 Å². The van der Waals surface area contributed by atoms with E-state index in [1.54, 1.807) is 0 Å². The standard InChI is InChI=1S/C11H14N4/c1-8-10(12)2-3-11(15-8)14-7-9-4-5-13-6-9/h2-6,13H,7,12H2,1H3,(H,14,15). The first-order chi connectivity index (χ1) is 7.25. The molecule has 2 aromatic heterocycles. The normalized spacial score (nSPS) is 10.2. The molecule has 0 bridgehead atoms. The van der Waals surface area contributed by atoms with Gasteiger partial charge in [0.1, 0.15) is 5.82 Å². The molecule has 2 rings (SSSR count). The van der Waals surface area contributed by atoms with E-state index in [0.29, 0.717) is 0 Å². The maximum Gasteiger partial charge on any atom is 0.126 e. The lowest BCUT2D eigenvalue weighted by Gasteiger charge is -2.06.